The highest BCUT2D eigenvalue weighted by Crippen LogP contribution is 2.69. The zero-order chi connectivity index (χ0) is 12.8. The lowest BCUT2D eigenvalue weighted by molar-refractivity contribution is 0.184. The second-order valence-electron chi connectivity index (χ2n) is 8.09. The van der Waals surface area contributed by atoms with Crippen LogP contribution < -0.4 is 0 Å². The topological polar surface area (TPSA) is 0 Å². The normalized spacial score (nSPS) is 49.3. The van der Waals surface area contributed by atoms with E-state index in [0.29, 0.717) is 0 Å². The van der Waals surface area contributed by atoms with Gasteiger partial charge >= 0.3 is 0 Å². The van der Waals surface area contributed by atoms with Crippen LogP contribution in [0.3, 0.4) is 0 Å². The first-order valence-corrected chi connectivity index (χ1v) is 8.69. The van der Waals surface area contributed by atoms with Gasteiger partial charge in [-0.1, -0.05) is 30.4 Å². The minimum atomic E-state index is 0.921. The summed E-state index contributed by atoms with van der Waals surface area (Å²) < 4.78 is 0. The van der Waals surface area contributed by atoms with Crippen LogP contribution in [-0.2, 0) is 12.8 Å². The first kappa shape index (κ1) is 10.7. The largest absolute Gasteiger partial charge is 0.0848 e. The van der Waals surface area contributed by atoms with E-state index in [0.717, 1.165) is 41.4 Å². The molecule has 0 amide bonds. The number of allylic oxidation sites excluding steroid dienone is 2. The summed E-state index contributed by atoms with van der Waals surface area (Å²) in [7, 11) is 0. The molecule has 1 aromatic rings. The van der Waals surface area contributed by atoms with Crippen LogP contribution in [0.4, 0.5) is 0 Å². The SMILES string of the molecule is C1=CC2CC1C1C3CC(c4cccc5c4CC5)C(C3)C21. The summed E-state index contributed by atoms with van der Waals surface area (Å²) in [6.45, 7) is 0. The summed E-state index contributed by atoms with van der Waals surface area (Å²) in [6, 6.07) is 7.16. The fourth-order valence-electron chi connectivity index (χ4n) is 7.00. The lowest BCUT2D eigenvalue weighted by Crippen LogP contribution is -2.31. The van der Waals surface area contributed by atoms with Crippen LogP contribution in [-0.4, -0.2) is 0 Å². The molecule has 4 bridgehead atoms. The molecule has 7 atom stereocenters. The summed E-state index contributed by atoms with van der Waals surface area (Å²) in [5.74, 6) is 7.08. The molecule has 0 N–H and O–H groups in total. The Labute approximate surface area is 121 Å². The van der Waals surface area contributed by atoms with Crippen molar-refractivity contribution in [1.82, 2.24) is 0 Å². The van der Waals surface area contributed by atoms with Crippen LogP contribution in [0, 0.1) is 35.5 Å². The van der Waals surface area contributed by atoms with Crippen molar-refractivity contribution in [3.63, 3.8) is 0 Å². The molecule has 5 aliphatic carbocycles. The molecule has 5 aliphatic rings. The number of hydrogen-bond acceptors (Lipinski definition) is 0. The Kier molecular flexibility index (Phi) is 1.81. The standard InChI is InChI=1S/C20H22/c1-2-11-6-7-15(11)16(3-1)17-9-14-10-18(17)20-13-5-4-12(8-13)19(14)20/h1-5,12-14,17-20H,6-10H2. The molecule has 0 nitrogen and oxygen atoms in total. The molecule has 0 heterocycles. The van der Waals surface area contributed by atoms with Crippen LogP contribution in [0.15, 0.2) is 30.4 Å². The van der Waals surface area contributed by atoms with Gasteiger partial charge in [-0.3, -0.25) is 0 Å². The van der Waals surface area contributed by atoms with Gasteiger partial charge in [0.1, 0.15) is 0 Å². The maximum Gasteiger partial charge on any atom is -0.0125 e. The molecule has 7 unspecified atom stereocenters. The van der Waals surface area contributed by atoms with Gasteiger partial charge in [-0.05, 0) is 90.2 Å². The monoisotopic (exact) mass is 262 g/mol. The van der Waals surface area contributed by atoms with Gasteiger partial charge in [0.05, 0.1) is 0 Å². The average molecular weight is 262 g/mol. The van der Waals surface area contributed by atoms with Crippen molar-refractivity contribution in [2.45, 2.75) is 38.0 Å². The minimum Gasteiger partial charge on any atom is -0.0848 e. The molecule has 0 saturated heterocycles. The van der Waals surface area contributed by atoms with Crippen molar-refractivity contribution in [3.05, 3.63) is 47.0 Å². The van der Waals surface area contributed by atoms with Crippen LogP contribution in [0.2, 0.25) is 0 Å². The quantitative estimate of drug-likeness (QED) is 0.521. The molecule has 0 heteroatoms. The van der Waals surface area contributed by atoms with Crippen LogP contribution in [0.5, 0.6) is 0 Å². The highest BCUT2D eigenvalue weighted by Gasteiger charge is 2.61. The highest BCUT2D eigenvalue weighted by atomic mass is 14.7. The van der Waals surface area contributed by atoms with Gasteiger partial charge in [0.25, 0.3) is 0 Å². The van der Waals surface area contributed by atoms with Gasteiger partial charge in [0, 0.05) is 0 Å². The Bertz CT molecular complexity index is 625. The van der Waals surface area contributed by atoms with Crippen LogP contribution in [0.1, 0.15) is 41.9 Å². The van der Waals surface area contributed by atoms with Gasteiger partial charge in [-0.15, -0.1) is 0 Å². The smallest absolute Gasteiger partial charge is 0.0125 e. The maximum atomic E-state index is 2.58. The maximum absolute atomic E-state index is 2.58. The van der Waals surface area contributed by atoms with E-state index in [2.05, 4.69) is 30.4 Å². The molecule has 0 aliphatic heterocycles. The van der Waals surface area contributed by atoms with Gasteiger partial charge in [-0.25, -0.2) is 0 Å². The average Bonchev–Trinajstić information content (AvgIpc) is 3.17. The Morgan fingerprint density at radius 1 is 0.850 bits per heavy atom. The Balaban J connectivity index is 1.42. The van der Waals surface area contributed by atoms with E-state index in [1.807, 2.05) is 0 Å². The number of hydrogen-bond donors (Lipinski definition) is 0. The molecule has 20 heavy (non-hydrogen) atoms. The molecule has 6 rings (SSSR count). The Hall–Kier alpha value is -1.04. The lowest BCUT2D eigenvalue weighted by atomic mass is 9.66. The van der Waals surface area contributed by atoms with Crippen LogP contribution in [0.25, 0.3) is 0 Å². The van der Waals surface area contributed by atoms with E-state index in [9.17, 15) is 0 Å². The fourth-order valence-corrected chi connectivity index (χ4v) is 7.00. The molecule has 1 aromatic carbocycles. The van der Waals surface area contributed by atoms with Crippen molar-refractivity contribution in [2.24, 2.45) is 35.5 Å². The third kappa shape index (κ3) is 1.09. The first-order chi connectivity index (χ1) is 9.90. The van der Waals surface area contributed by atoms with Crippen molar-refractivity contribution in [1.29, 1.82) is 0 Å². The third-order valence-corrected chi connectivity index (χ3v) is 7.62. The molecule has 0 aromatic heterocycles. The Morgan fingerprint density at radius 2 is 1.75 bits per heavy atom. The van der Waals surface area contributed by atoms with E-state index in [1.165, 1.54) is 25.7 Å². The number of rotatable bonds is 1. The van der Waals surface area contributed by atoms with Crippen molar-refractivity contribution in [3.8, 4) is 0 Å². The zero-order valence-corrected chi connectivity index (χ0v) is 12.0. The fraction of sp³-hybridized carbons (Fsp3) is 0.600. The summed E-state index contributed by atoms with van der Waals surface area (Å²) >= 11 is 0. The molecular formula is C20H22. The predicted octanol–water partition coefficient (Wildman–Crippen LogP) is 4.35. The zero-order valence-electron chi connectivity index (χ0n) is 12.0. The molecule has 102 valence electrons. The summed E-state index contributed by atoms with van der Waals surface area (Å²) in [4.78, 5) is 0. The number of aryl methyl sites for hydroxylation is 1. The van der Waals surface area contributed by atoms with Crippen LogP contribution >= 0.6 is 0 Å². The molecule has 3 saturated carbocycles. The van der Waals surface area contributed by atoms with E-state index in [1.54, 1.807) is 23.1 Å². The van der Waals surface area contributed by atoms with E-state index < -0.39 is 0 Å². The number of benzene rings is 1. The van der Waals surface area contributed by atoms with Crippen molar-refractivity contribution >= 4 is 0 Å². The van der Waals surface area contributed by atoms with E-state index in [-0.39, 0.29) is 0 Å². The van der Waals surface area contributed by atoms with Gasteiger partial charge in [0.15, 0.2) is 0 Å². The van der Waals surface area contributed by atoms with Gasteiger partial charge in [-0.2, -0.15) is 0 Å². The summed E-state index contributed by atoms with van der Waals surface area (Å²) in [5, 5.41) is 0. The molecular weight excluding hydrogens is 240 g/mol. The summed E-state index contributed by atoms with van der Waals surface area (Å²) in [5.41, 5.74) is 5.18. The third-order valence-electron chi connectivity index (χ3n) is 7.62. The van der Waals surface area contributed by atoms with Crippen molar-refractivity contribution < 1.29 is 0 Å². The predicted molar refractivity (Wildman–Crippen MR) is 80.5 cm³/mol. The minimum absolute atomic E-state index is 0.921. The second-order valence-corrected chi connectivity index (χ2v) is 8.09. The van der Waals surface area contributed by atoms with E-state index >= 15 is 0 Å². The molecule has 3 fully saturated rings. The first-order valence-electron chi connectivity index (χ1n) is 8.69. The second kappa shape index (κ2) is 3.40. The Morgan fingerprint density at radius 3 is 2.60 bits per heavy atom. The highest BCUT2D eigenvalue weighted by molar-refractivity contribution is 5.45. The number of fused-ring (bicyclic) bond motifs is 10. The van der Waals surface area contributed by atoms with Gasteiger partial charge in [0.2, 0.25) is 0 Å². The lowest BCUT2D eigenvalue weighted by Gasteiger charge is -2.38. The molecule has 0 spiro atoms. The van der Waals surface area contributed by atoms with E-state index in [4.69, 9.17) is 0 Å². The van der Waals surface area contributed by atoms with Gasteiger partial charge < -0.3 is 0 Å². The summed E-state index contributed by atoms with van der Waals surface area (Å²) in [6.07, 6.45) is 12.4. The molecule has 0 radical (unpaired) electrons. The van der Waals surface area contributed by atoms with Crippen molar-refractivity contribution in [2.75, 3.05) is 0 Å².